The smallest absolute Gasteiger partial charge is 0.246 e. The molecule has 6 nitrogen and oxygen atoms in total. The van der Waals surface area contributed by atoms with Crippen molar-refractivity contribution in [1.82, 2.24) is 9.62 Å². The maximum Gasteiger partial charge on any atom is 0.246 e. The van der Waals surface area contributed by atoms with Crippen molar-refractivity contribution in [2.75, 3.05) is 26.2 Å². The Bertz CT molecular complexity index is 990. The van der Waals surface area contributed by atoms with E-state index in [4.69, 9.17) is 27.9 Å². The summed E-state index contributed by atoms with van der Waals surface area (Å²) in [5.41, 5.74) is 1.12. The first-order valence-electron chi connectivity index (χ1n) is 10.7. The number of hydrogen-bond acceptors (Lipinski definition) is 4. The van der Waals surface area contributed by atoms with Crippen LogP contribution in [0.3, 0.4) is 0 Å². The summed E-state index contributed by atoms with van der Waals surface area (Å²) in [6, 6.07) is 14.6. The second-order valence-corrected chi connectivity index (χ2v) is 10.5. The van der Waals surface area contributed by atoms with Crippen LogP contribution >= 0.6 is 23.2 Å². The number of amides is 1. The van der Waals surface area contributed by atoms with Crippen molar-refractivity contribution in [1.29, 1.82) is 0 Å². The highest BCUT2D eigenvalue weighted by Gasteiger charge is 2.34. The molecule has 32 heavy (non-hydrogen) atoms. The molecule has 0 aromatic heterocycles. The van der Waals surface area contributed by atoms with Crippen molar-refractivity contribution in [3.05, 3.63) is 64.1 Å². The van der Waals surface area contributed by atoms with E-state index in [2.05, 4.69) is 5.32 Å². The van der Waals surface area contributed by atoms with E-state index in [0.29, 0.717) is 32.4 Å². The van der Waals surface area contributed by atoms with Gasteiger partial charge in [-0.05, 0) is 43.9 Å². The fourth-order valence-corrected chi connectivity index (χ4v) is 6.29. The first-order chi connectivity index (χ1) is 15.3. The number of piperidine rings is 1. The molecule has 1 unspecified atom stereocenters. The Hall–Kier alpha value is -1.64. The molecule has 1 atom stereocenters. The van der Waals surface area contributed by atoms with E-state index in [0.717, 1.165) is 5.56 Å². The first-order valence-corrected chi connectivity index (χ1v) is 12.9. The minimum absolute atomic E-state index is 0.00444. The highest BCUT2D eigenvalue weighted by molar-refractivity contribution is 7.89. The largest absolute Gasteiger partial charge is 0.374 e. The fourth-order valence-electron chi connectivity index (χ4n) is 3.72. The summed E-state index contributed by atoms with van der Waals surface area (Å²) in [6.07, 6.45) is 1.62. The van der Waals surface area contributed by atoms with Crippen LogP contribution in [0.15, 0.2) is 53.4 Å². The molecular weight excluding hydrogens is 471 g/mol. The summed E-state index contributed by atoms with van der Waals surface area (Å²) in [5.74, 6) is -0.263. The summed E-state index contributed by atoms with van der Waals surface area (Å²) in [6.45, 7) is 3.57. The highest BCUT2D eigenvalue weighted by Crippen LogP contribution is 2.33. The lowest BCUT2D eigenvalue weighted by molar-refractivity contribution is -0.126. The first kappa shape index (κ1) is 25.0. The quantitative estimate of drug-likeness (QED) is 0.509. The monoisotopic (exact) mass is 498 g/mol. The van der Waals surface area contributed by atoms with E-state index in [1.807, 2.05) is 37.3 Å². The molecule has 2 aromatic carbocycles. The number of benzene rings is 2. The van der Waals surface area contributed by atoms with Gasteiger partial charge in [0.05, 0.1) is 16.1 Å². The van der Waals surface area contributed by atoms with Crippen LogP contribution in [0.1, 0.15) is 37.9 Å². The van der Waals surface area contributed by atoms with Crippen LogP contribution in [0.4, 0.5) is 0 Å². The summed E-state index contributed by atoms with van der Waals surface area (Å²) in [5, 5.41) is 3.14. The molecule has 1 saturated heterocycles. The van der Waals surface area contributed by atoms with E-state index in [-0.39, 0.29) is 46.0 Å². The number of carbonyl (C=O) groups excluding carboxylic acids is 1. The zero-order chi connectivity index (χ0) is 23.1. The van der Waals surface area contributed by atoms with Gasteiger partial charge in [0.1, 0.15) is 4.90 Å². The zero-order valence-corrected chi connectivity index (χ0v) is 20.3. The van der Waals surface area contributed by atoms with Crippen LogP contribution in [0.2, 0.25) is 10.0 Å². The van der Waals surface area contributed by atoms with Gasteiger partial charge in [-0.3, -0.25) is 4.79 Å². The SMILES string of the molecule is CC(OCCCNC(=O)C1CCN(S(=O)(=O)c2c(Cl)cccc2Cl)CC1)c1ccccc1. The van der Waals surface area contributed by atoms with Crippen molar-refractivity contribution < 1.29 is 17.9 Å². The molecule has 1 amide bonds. The zero-order valence-electron chi connectivity index (χ0n) is 18.0. The van der Waals surface area contributed by atoms with Crippen LogP contribution in [0, 0.1) is 5.92 Å². The van der Waals surface area contributed by atoms with Gasteiger partial charge in [-0.1, -0.05) is 59.6 Å². The molecule has 1 aliphatic rings. The number of nitrogens with zero attached hydrogens (tertiary/aromatic N) is 1. The molecular formula is C23H28Cl2N2O4S. The normalized spacial score (nSPS) is 16.6. The van der Waals surface area contributed by atoms with Gasteiger partial charge in [-0.25, -0.2) is 8.42 Å². The van der Waals surface area contributed by atoms with E-state index in [9.17, 15) is 13.2 Å². The van der Waals surface area contributed by atoms with Gasteiger partial charge in [0, 0.05) is 32.2 Å². The Labute approximate surface area is 199 Å². The molecule has 0 bridgehead atoms. The van der Waals surface area contributed by atoms with Crippen LogP contribution in [-0.2, 0) is 19.6 Å². The van der Waals surface area contributed by atoms with Crippen molar-refractivity contribution in [2.24, 2.45) is 5.92 Å². The molecule has 9 heteroatoms. The number of carbonyl (C=O) groups is 1. The predicted molar refractivity (Wildman–Crippen MR) is 126 cm³/mol. The Morgan fingerprint density at radius 1 is 1.09 bits per heavy atom. The van der Waals surface area contributed by atoms with Gasteiger partial charge >= 0.3 is 0 Å². The van der Waals surface area contributed by atoms with E-state index < -0.39 is 10.0 Å². The maximum atomic E-state index is 12.9. The number of nitrogens with one attached hydrogen (secondary N) is 1. The van der Waals surface area contributed by atoms with Crippen LogP contribution in [0.5, 0.6) is 0 Å². The number of sulfonamides is 1. The van der Waals surface area contributed by atoms with E-state index >= 15 is 0 Å². The molecule has 0 radical (unpaired) electrons. The third-order valence-electron chi connectivity index (χ3n) is 5.60. The molecule has 0 spiro atoms. The number of rotatable bonds is 9. The fraction of sp³-hybridized carbons (Fsp3) is 0.435. The molecule has 1 N–H and O–H groups in total. The number of halogens is 2. The Morgan fingerprint density at radius 3 is 2.34 bits per heavy atom. The summed E-state index contributed by atoms with van der Waals surface area (Å²) in [4.78, 5) is 12.4. The van der Waals surface area contributed by atoms with Gasteiger partial charge in [-0.2, -0.15) is 4.31 Å². The molecule has 1 aliphatic heterocycles. The van der Waals surface area contributed by atoms with Crippen molar-refractivity contribution in [2.45, 2.75) is 37.2 Å². The summed E-state index contributed by atoms with van der Waals surface area (Å²) < 4.78 is 33.1. The Kier molecular flexibility index (Phi) is 8.96. The van der Waals surface area contributed by atoms with Crippen LogP contribution in [0.25, 0.3) is 0 Å². The lowest BCUT2D eigenvalue weighted by Crippen LogP contribution is -2.43. The second-order valence-electron chi connectivity index (χ2n) is 7.80. The molecule has 0 aliphatic carbocycles. The van der Waals surface area contributed by atoms with Crippen molar-refractivity contribution >= 4 is 39.1 Å². The van der Waals surface area contributed by atoms with Gasteiger partial charge < -0.3 is 10.1 Å². The van der Waals surface area contributed by atoms with Crippen LogP contribution < -0.4 is 5.32 Å². The Balaban J connectivity index is 1.41. The molecule has 0 saturated carbocycles. The molecule has 174 valence electrons. The van der Waals surface area contributed by atoms with E-state index in [1.54, 1.807) is 6.07 Å². The molecule has 1 fully saturated rings. The Morgan fingerprint density at radius 2 is 1.72 bits per heavy atom. The minimum Gasteiger partial charge on any atom is -0.374 e. The van der Waals surface area contributed by atoms with Gasteiger partial charge in [0.25, 0.3) is 0 Å². The van der Waals surface area contributed by atoms with E-state index in [1.165, 1.54) is 16.4 Å². The predicted octanol–water partition coefficient (Wildman–Crippen LogP) is 4.68. The lowest BCUT2D eigenvalue weighted by atomic mass is 9.97. The van der Waals surface area contributed by atoms with Crippen molar-refractivity contribution in [3.8, 4) is 0 Å². The minimum atomic E-state index is -3.81. The molecule has 3 rings (SSSR count). The number of ether oxygens (including phenoxy) is 1. The van der Waals surface area contributed by atoms with Gasteiger partial charge in [0.15, 0.2) is 0 Å². The van der Waals surface area contributed by atoms with Gasteiger partial charge in [0.2, 0.25) is 15.9 Å². The van der Waals surface area contributed by atoms with Gasteiger partial charge in [-0.15, -0.1) is 0 Å². The average molecular weight is 499 g/mol. The summed E-state index contributed by atoms with van der Waals surface area (Å²) >= 11 is 12.2. The highest BCUT2D eigenvalue weighted by atomic mass is 35.5. The third kappa shape index (κ3) is 6.23. The second kappa shape index (κ2) is 11.5. The maximum absolute atomic E-state index is 12.9. The standard InChI is InChI=1S/C23H28Cl2N2O4S/c1-17(18-7-3-2-4-8-18)31-16-6-13-26-23(28)19-11-14-27(15-12-19)32(29,30)22-20(24)9-5-10-21(22)25/h2-5,7-10,17,19H,6,11-16H2,1H3,(H,26,28). The molecule has 1 heterocycles. The average Bonchev–Trinajstić information content (AvgIpc) is 2.79. The number of hydrogen-bond donors (Lipinski definition) is 1. The summed E-state index contributed by atoms with van der Waals surface area (Å²) in [7, 11) is -3.81. The third-order valence-corrected chi connectivity index (χ3v) is 8.45. The lowest BCUT2D eigenvalue weighted by Gasteiger charge is -2.31. The van der Waals surface area contributed by atoms with Crippen molar-refractivity contribution in [3.63, 3.8) is 0 Å². The topological polar surface area (TPSA) is 75.7 Å². The molecule has 2 aromatic rings. The van der Waals surface area contributed by atoms with Crippen LogP contribution in [-0.4, -0.2) is 44.9 Å².